The van der Waals surface area contributed by atoms with Crippen molar-refractivity contribution in [2.75, 3.05) is 6.26 Å². The molecular formula is C15H14N2O2S2. The fraction of sp³-hybridized carbons (Fsp3) is 0.267. The van der Waals surface area contributed by atoms with E-state index in [2.05, 4.69) is 15.6 Å². The zero-order chi connectivity index (χ0) is 14.6. The molecule has 6 heteroatoms. The fourth-order valence-electron chi connectivity index (χ4n) is 2.82. The van der Waals surface area contributed by atoms with Gasteiger partial charge in [0, 0.05) is 28.6 Å². The van der Waals surface area contributed by atoms with E-state index >= 15 is 0 Å². The molecule has 0 spiro atoms. The van der Waals surface area contributed by atoms with Crippen molar-refractivity contribution >= 4 is 26.1 Å². The Balaban J connectivity index is 1.78. The van der Waals surface area contributed by atoms with E-state index in [-0.39, 0.29) is 0 Å². The standard InChI is InChI=1S/C15H14N2O2S2/c1-21(18,19)11-7-5-10(6-8-11)12-9-17-13-3-2-4-14(13)20-15(17)16-12/h5-9H,2-4H2,1H3. The van der Waals surface area contributed by atoms with Crippen LogP contribution in [0.15, 0.2) is 35.4 Å². The summed E-state index contributed by atoms with van der Waals surface area (Å²) < 4.78 is 25.2. The van der Waals surface area contributed by atoms with Gasteiger partial charge in [0.05, 0.1) is 10.6 Å². The number of hydrogen-bond donors (Lipinski definition) is 0. The van der Waals surface area contributed by atoms with Gasteiger partial charge < -0.3 is 0 Å². The van der Waals surface area contributed by atoms with Crippen molar-refractivity contribution in [3.05, 3.63) is 41.0 Å². The average molecular weight is 318 g/mol. The molecule has 1 aliphatic rings. The second kappa shape index (κ2) is 4.42. The first-order valence-electron chi connectivity index (χ1n) is 6.82. The molecule has 0 radical (unpaired) electrons. The van der Waals surface area contributed by atoms with Crippen LogP contribution in [0.3, 0.4) is 0 Å². The molecule has 0 bridgehead atoms. The molecule has 2 aromatic heterocycles. The second-order valence-corrected chi connectivity index (χ2v) is 8.48. The van der Waals surface area contributed by atoms with Crippen molar-refractivity contribution in [1.82, 2.24) is 9.38 Å². The van der Waals surface area contributed by atoms with Gasteiger partial charge in [0.25, 0.3) is 0 Å². The summed E-state index contributed by atoms with van der Waals surface area (Å²) >= 11 is 1.77. The van der Waals surface area contributed by atoms with Crippen LogP contribution >= 0.6 is 11.3 Å². The Morgan fingerprint density at radius 1 is 1.19 bits per heavy atom. The van der Waals surface area contributed by atoms with Crippen LogP contribution in [0.5, 0.6) is 0 Å². The number of hydrogen-bond acceptors (Lipinski definition) is 4. The van der Waals surface area contributed by atoms with E-state index in [9.17, 15) is 8.42 Å². The average Bonchev–Trinajstić information content (AvgIpc) is 3.08. The Labute approximate surface area is 127 Å². The number of nitrogens with zero attached hydrogens (tertiary/aromatic N) is 2. The van der Waals surface area contributed by atoms with E-state index in [1.54, 1.807) is 23.5 Å². The first-order chi connectivity index (χ1) is 10.0. The van der Waals surface area contributed by atoms with Crippen LogP contribution in [0.2, 0.25) is 0 Å². The third-order valence-electron chi connectivity index (χ3n) is 3.90. The van der Waals surface area contributed by atoms with E-state index in [0.717, 1.165) is 22.6 Å². The van der Waals surface area contributed by atoms with Crippen molar-refractivity contribution in [2.45, 2.75) is 24.2 Å². The Bertz CT molecular complexity index is 934. The minimum Gasteiger partial charge on any atom is -0.294 e. The summed E-state index contributed by atoms with van der Waals surface area (Å²) in [6.45, 7) is 0. The Morgan fingerprint density at radius 3 is 2.67 bits per heavy atom. The van der Waals surface area contributed by atoms with Gasteiger partial charge in [0.15, 0.2) is 14.8 Å². The molecular weight excluding hydrogens is 304 g/mol. The van der Waals surface area contributed by atoms with Crippen molar-refractivity contribution < 1.29 is 8.42 Å². The van der Waals surface area contributed by atoms with Crippen LogP contribution in [0.25, 0.3) is 16.2 Å². The summed E-state index contributed by atoms with van der Waals surface area (Å²) in [4.78, 5) is 7.50. The smallest absolute Gasteiger partial charge is 0.194 e. The summed E-state index contributed by atoms with van der Waals surface area (Å²) in [5, 5.41) is 0. The molecule has 0 unspecified atom stereocenters. The van der Waals surface area contributed by atoms with Gasteiger partial charge in [-0.2, -0.15) is 0 Å². The van der Waals surface area contributed by atoms with Gasteiger partial charge in [-0.1, -0.05) is 12.1 Å². The molecule has 2 heterocycles. The summed E-state index contributed by atoms with van der Waals surface area (Å²) in [6, 6.07) is 6.93. The van der Waals surface area contributed by atoms with Crippen molar-refractivity contribution in [2.24, 2.45) is 0 Å². The molecule has 3 aromatic rings. The number of aryl methyl sites for hydroxylation is 2. The van der Waals surface area contributed by atoms with Crippen LogP contribution in [0, 0.1) is 0 Å². The Hall–Kier alpha value is -1.66. The van der Waals surface area contributed by atoms with Gasteiger partial charge in [-0.25, -0.2) is 13.4 Å². The van der Waals surface area contributed by atoms with Crippen LogP contribution in [-0.4, -0.2) is 24.1 Å². The maximum Gasteiger partial charge on any atom is 0.194 e. The largest absolute Gasteiger partial charge is 0.294 e. The monoisotopic (exact) mass is 318 g/mol. The molecule has 0 atom stereocenters. The number of benzene rings is 1. The van der Waals surface area contributed by atoms with E-state index in [4.69, 9.17) is 0 Å². The predicted molar refractivity (Wildman–Crippen MR) is 83.6 cm³/mol. The molecule has 1 aromatic carbocycles. The van der Waals surface area contributed by atoms with Gasteiger partial charge in [0.1, 0.15) is 0 Å². The molecule has 108 valence electrons. The maximum absolute atomic E-state index is 11.5. The molecule has 0 fully saturated rings. The lowest BCUT2D eigenvalue weighted by Crippen LogP contribution is -1.96. The molecule has 0 saturated carbocycles. The number of imidazole rings is 1. The Morgan fingerprint density at radius 2 is 1.95 bits per heavy atom. The SMILES string of the molecule is CS(=O)(=O)c1ccc(-c2cn3c4c(sc3n2)CCC4)cc1. The molecule has 0 N–H and O–H groups in total. The molecule has 4 nitrogen and oxygen atoms in total. The second-order valence-electron chi connectivity index (χ2n) is 5.40. The highest BCUT2D eigenvalue weighted by Gasteiger charge is 2.19. The number of fused-ring (bicyclic) bond motifs is 3. The van der Waals surface area contributed by atoms with E-state index in [0.29, 0.717) is 4.90 Å². The van der Waals surface area contributed by atoms with E-state index < -0.39 is 9.84 Å². The van der Waals surface area contributed by atoms with Crippen LogP contribution < -0.4 is 0 Å². The summed E-state index contributed by atoms with van der Waals surface area (Å²) in [5.74, 6) is 0. The van der Waals surface area contributed by atoms with Crippen molar-refractivity contribution in [3.8, 4) is 11.3 Å². The van der Waals surface area contributed by atoms with Crippen molar-refractivity contribution in [3.63, 3.8) is 0 Å². The van der Waals surface area contributed by atoms with Gasteiger partial charge in [0.2, 0.25) is 0 Å². The maximum atomic E-state index is 11.5. The predicted octanol–water partition coefficient (Wildman–Crippen LogP) is 2.96. The highest BCUT2D eigenvalue weighted by molar-refractivity contribution is 7.90. The van der Waals surface area contributed by atoms with Crippen molar-refractivity contribution in [1.29, 1.82) is 0 Å². The highest BCUT2D eigenvalue weighted by atomic mass is 32.2. The van der Waals surface area contributed by atoms with Gasteiger partial charge in [-0.05, 0) is 31.4 Å². The first kappa shape index (κ1) is 13.0. The van der Waals surface area contributed by atoms with Crippen LogP contribution in [-0.2, 0) is 22.7 Å². The minimum atomic E-state index is -3.15. The lowest BCUT2D eigenvalue weighted by molar-refractivity contribution is 0.602. The number of rotatable bonds is 2. The lowest BCUT2D eigenvalue weighted by atomic mass is 10.2. The highest BCUT2D eigenvalue weighted by Crippen LogP contribution is 2.33. The third kappa shape index (κ3) is 2.10. The van der Waals surface area contributed by atoms with E-state index in [1.165, 1.54) is 29.7 Å². The molecule has 0 amide bonds. The van der Waals surface area contributed by atoms with Crippen LogP contribution in [0.1, 0.15) is 17.0 Å². The molecule has 0 saturated heterocycles. The fourth-order valence-corrected chi connectivity index (χ4v) is 4.64. The summed E-state index contributed by atoms with van der Waals surface area (Å²) in [5.41, 5.74) is 3.24. The Kier molecular flexibility index (Phi) is 2.74. The topological polar surface area (TPSA) is 51.4 Å². The van der Waals surface area contributed by atoms with Gasteiger partial charge in [-0.3, -0.25) is 4.40 Å². The van der Waals surface area contributed by atoms with E-state index in [1.807, 2.05) is 12.1 Å². The molecule has 1 aliphatic carbocycles. The quantitative estimate of drug-likeness (QED) is 0.730. The number of aromatic nitrogens is 2. The summed E-state index contributed by atoms with van der Waals surface area (Å²) in [6.07, 6.45) is 6.80. The normalized spacial score (nSPS) is 14.7. The minimum absolute atomic E-state index is 0.341. The zero-order valence-corrected chi connectivity index (χ0v) is 13.2. The number of sulfone groups is 1. The van der Waals surface area contributed by atoms with Gasteiger partial charge in [-0.15, -0.1) is 11.3 Å². The van der Waals surface area contributed by atoms with Crippen LogP contribution in [0.4, 0.5) is 0 Å². The lowest BCUT2D eigenvalue weighted by Gasteiger charge is -2.00. The molecule has 21 heavy (non-hydrogen) atoms. The first-order valence-corrected chi connectivity index (χ1v) is 9.53. The zero-order valence-electron chi connectivity index (χ0n) is 11.5. The summed E-state index contributed by atoms with van der Waals surface area (Å²) in [7, 11) is -3.15. The molecule has 4 rings (SSSR count). The number of thiazole rings is 1. The third-order valence-corrected chi connectivity index (χ3v) is 6.18. The van der Waals surface area contributed by atoms with Gasteiger partial charge >= 0.3 is 0 Å². The molecule has 0 aliphatic heterocycles.